The SMILES string of the molecule is CC1=CC(C(C)(C)C)=CC1=Cc1ccc(C(C)(C)C)cc1. The van der Waals surface area contributed by atoms with Gasteiger partial charge in [-0.05, 0) is 51.7 Å². The fraction of sp³-hybridized carbons (Fsp3) is 0.429. The highest BCUT2D eigenvalue weighted by Crippen LogP contribution is 2.35. The molecule has 1 aromatic carbocycles. The van der Waals surface area contributed by atoms with E-state index in [2.05, 4.69) is 91.0 Å². The van der Waals surface area contributed by atoms with Crippen LogP contribution in [-0.2, 0) is 5.41 Å². The molecular formula is C21H28. The summed E-state index contributed by atoms with van der Waals surface area (Å²) in [5.74, 6) is 0. The molecule has 112 valence electrons. The van der Waals surface area contributed by atoms with Crippen LogP contribution >= 0.6 is 0 Å². The van der Waals surface area contributed by atoms with Crippen LogP contribution in [0.5, 0.6) is 0 Å². The van der Waals surface area contributed by atoms with E-state index in [4.69, 9.17) is 0 Å². The third-order valence-electron chi connectivity index (χ3n) is 4.10. The van der Waals surface area contributed by atoms with Gasteiger partial charge in [-0.15, -0.1) is 0 Å². The smallest absolute Gasteiger partial charge is 0.0132 e. The standard InChI is InChI=1S/C21H28/c1-15-12-19(21(5,6)7)14-17(15)13-16-8-10-18(11-9-16)20(2,3)4/h8-14H,1-7H3. The van der Waals surface area contributed by atoms with E-state index < -0.39 is 0 Å². The molecule has 0 aromatic heterocycles. The fourth-order valence-electron chi connectivity index (χ4n) is 2.49. The van der Waals surface area contributed by atoms with E-state index in [1.807, 2.05) is 0 Å². The maximum atomic E-state index is 2.33. The van der Waals surface area contributed by atoms with Crippen molar-refractivity contribution in [3.05, 3.63) is 64.3 Å². The van der Waals surface area contributed by atoms with Crippen LogP contribution in [0.1, 0.15) is 59.6 Å². The Morgan fingerprint density at radius 1 is 0.762 bits per heavy atom. The Kier molecular flexibility index (Phi) is 4.02. The minimum atomic E-state index is 0.215. The second kappa shape index (κ2) is 5.33. The topological polar surface area (TPSA) is 0 Å². The predicted octanol–water partition coefficient (Wildman–Crippen LogP) is 6.30. The van der Waals surface area contributed by atoms with Gasteiger partial charge in [0.1, 0.15) is 0 Å². The van der Waals surface area contributed by atoms with Gasteiger partial charge in [0.25, 0.3) is 0 Å². The first-order valence-corrected chi connectivity index (χ1v) is 7.80. The van der Waals surface area contributed by atoms with Crippen molar-refractivity contribution in [1.29, 1.82) is 0 Å². The van der Waals surface area contributed by atoms with E-state index in [-0.39, 0.29) is 10.8 Å². The molecule has 1 aromatic rings. The molecule has 0 spiro atoms. The first kappa shape index (κ1) is 15.8. The highest BCUT2D eigenvalue weighted by atomic mass is 14.2. The lowest BCUT2D eigenvalue weighted by atomic mass is 9.86. The average Bonchev–Trinajstić information content (AvgIpc) is 2.70. The predicted molar refractivity (Wildman–Crippen MR) is 94.4 cm³/mol. The molecule has 0 saturated carbocycles. The molecule has 1 aliphatic carbocycles. The molecule has 0 heteroatoms. The second-order valence-electron chi connectivity index (χ2n) is 8.15. The minimum absolute atomic E-state index is 0.215. The van der Waals surface area contributed by atoms with Gasteiger partial charge < -0.3 is 0 Å². The lowest BCUT2D eigenvalue weighted by Gasteiger charge is -2.18. The zero-order valence-electron chi connectivity index (χ0n) is 14.5. The number of hydrogen-bond acceptors (Lipinski definition) is 0. The summed E-state index contributed by atoms with van der Waals surface area (Å²) < 4.78 is 0. The first-order valence-electron chi connectivity index (χ1n) is 7.80. The quantitative estimate of drug-likeness (QED) is 0.566. The third-order valence-corrected chi connectivity index (χ3v) is 4.10. The normalized spacial score (nSPS) is 18.0. The Morgan fingerprint density at radius 3 is 1.76 bits per heavy atom. The molecular weight excluding hydrogens is 252 g/mol. The van der Waals surface area contributed by atoms with E-state index in [1.54, 1.807) is 0 Å². The Morgan fingerprint density at radius 2 is 1.33 bits per heavy atom. The van der Waals surface area contributed by atoms with E-state index >= 15 is 0 Å². The van der Waals surface area contributed by atoms with Gasteiger partial charge in [0.2, 0.25) is 0 Å². The zero-order valence-corrected chi connectivity index (χ0v) is 14.5. The summed E-state index contributed by atoms with van der Waals surface area (Å²) in [6, 6.07) is 8.94. The van der Waals surface area contributed by atoms with Gasteiger partial charge >= 0.3 is 0 Å². The first-order chi connectivity index (χ1) is 9.57. The summed E-state index contributed by atoms with van der Waals surface area (Å²) in [6.45, 7) is 15.8. The summed E-state index contributed by atoms with van der Waals surface area (Å²) in [7, 11) is 0. The van der Waals surface area contributed by atoms with E-state index in [0.717, 1.165) is 0 Å². The van der Waals surface area contributed by atoms with Crippen molar-refractivity contribution < 1.29 is 0 Å². The molecule has 0 unspecified atom stereocenters. The van der Waals surface area contributed by atoms with Crippen LogP contribution in [0.2, 0.25) is 0 Å². The van der Waals surface area contributed by atoms with Gasteiger partial charge in [0, 0.05) is 0 Å². The molecule has 0 radical (unpaired) electrons. The summed E-state index contributed by atoms with van der Waals surface area (Å²) in [6.07, 6.45) is 6.93. The molecule has 0 nitrogen and oxygen atoms in total. The highest BCUT2D eigenvalue weighted by Gasteiger charge is 2.20. The van der Waals surface area contributed by atoms with Gasteiger partial charge in [0.05, 0.1) is 0 Å². The Hall–Kier alpha value is -1.56. The van der Waals surface area contributed by atoms with E-state index in [0.29, 0.717) is 0 Å². The van der Waals surface area contributed by atoms with Crippen LogP contribution in [0, 0.1) is 5.41 Å². The molecule has 0 fully saturated rings. The lowest BCUT2D eigenvalue weighted by molar-refractivity contribution is 0.518. The molecule has 0 atom stereocenters. The van der Waals surface area contributed by atoms with Crippen LogP contribution in [0.25, 0.3) is 6.08 Å². The molecule has 2 rings (SSSR count). The summed E-state index contributed by atoms with van der Waals surface area (Å²) >= 11 is 0. The maximum absolute atomic E-state index is 2.33. The number of allylic oxidation sites excluding steroid dienone is 5. The zero-order chi connectivity index (χ0) is 15.8. The average molecular weight is 280 g/mol. The molecule has 0 aliphatic heterocycles. The summed E-state index contributed by atoms with van der Waals surface area (Å²) in [4.78, 5) is 0. The van der Waals surface area contributed by atoms with Crippen molar-refractivity contribution in [3.63, 3.8) is 0 Å². The molecule has 0 bridgehead atoms. The summed E-state index contributed by atoms with van der Waals surface area (Å²) in [5, 5.41) is 0. The maximum Gasteiger partial charge on any atom is -0.0132 e. The Bertz CT molecular complexity index is 605. The van der Waals surface area contributed by atoms with E-state index in [9.17, 15) is 0 Å². The van der Waals surface area contributed by atoms with E-state index in [1.165, 1.54) is 27.8 Å². The van der Waals surface area contributed by atoms with Gasteiger partial charge in [-0.3, -0.25) is 0 Å². The van der Waals surface area contributed by atoms with Gasteiger partial charge in [-0.1, -0.05) is 78.0 Å². The fourth-order valence-corrected chi connectivity index (χ4v) is 2.49. The third kappa shape index (κ3) is 3.75. The van der Waals surface area contributed by atoms with Crippen molar-refractivity contribution in [2.24, 2.45) is 5.41 Å². The minimum Gasteiger partial charge on any atom is -0.0579 e. The molecule has 1 aliphatic rings. The highest BCUT2D eigenvalue weighted by molar-refractivity contribution is 5.67. The molecule has 0 amide bonds. The van der Waals surface area contributed by atoms with Crippen LogP contribution < -0.4 is 0 Å². The Balaban J connectivity index is 2.29. The van der Waals surface area contributed by atoms with Gasteiger partial charge in [-0.2, -0.15) is 0 Å². The molecule has 0 saturated heterocycles. The molecule has 0 heterocycles. The number of benzene rings is 1. The van der Waals surface area contributed by atoms with Crippen molar-refractivity contribution in [2.75, 3.05) is 0 Å². The van der Waals surface area contributed by atoms with Crippen molar-refractivity contribution in [3.8, 4) is 0 Å². The second-order valence-corrected chi connectivity index (χ2v) is 8.15. The Labute approximate surface area is 130 Å². The largest absolute Gasteiger partial charge is 0.0579 e. The number of hydrogen-bond donors (Lipinski definition) is 0. The van der Waals surface area contributed by atoms with Crippen LogP contribution in [0.3, 0.4) is 0 Å². The molecule has 0 N–H and O–H groups in total. The lowest BCUT2D eigenvalue weighted by Crippen LogP contribution is -2.10. The number of rotatable bonds is 1. The van der Waals surface area contributed by atoms with Crippen LogP contribution in [0.4, 0.5) is 0 Å². The van der Waals surface area contributed by atoms with Crippen molar-refractivity contribution >= 4 is 6.08 Å². The van der Waals surface area contributed by atoms with Crippen LogP contribution in [0.15, 0.2) is 53.1 Å². The van der Waals surface area contributed by atoms with Crippen molar-refractivity contribution in [2.45, 2.75) is 53.9 Å². The van der Waals surface area contributed by atoms with Gasteiger partial charge in [-0.25, -0.2) is 0 Å². The van der Waals surface area contributed by atoms with Gasteiger partial charge in [0.15, 0.2) is 0 Å². The summed E-state index contributed by atoms with van der Waals surface area (Å²) in [5.41, 5.74) is 7.20. The van der Waals surface area contributed by atoms with Crippen molar-refractivity contribution in [1.82, 2.24) is 0 Å². The van der Waals surface area contributed by atoms with Crippen LogP contribution in [-0.4, -0.2) is 0 Å². The molecule has 21 heavy (non-hydrogen) atoms. The monoisotopic (exact) mass is 280 g/mol.